The highest BCUT2D eigenvalue weighted by Gasteiger charge is 2.20. The molecule has 0 bridgehead atoms. The molecule has 5 heteroatoms. The van der Waals surface area contributed by atoms with E-state index >= 15 is 0 Å². The first-order chi connectivity index (χ1) is 8.81. The third kappa shape index (κ3) is 3.57. The highest BCUT2D eigenvalue weighted by Crippen LogP contribution is 2.28. The molecule has 1 fully saturated rings. The summed E-state index contributed by atoms with van der Waals surface area (Å²) in [7, 11) is 1.85. The number of aliphatic hydroxyl groups is 1. The van der Waals surface area contributed by atoms with Crippen LogP contribution in [0.15, 0.2) is 12.3 Å². The monoisotopic (exact) mass is 250 g/mol. The zero-order valence-corrected chi connectivity index (χ0v) is 10.9. The van der Waals surface area contributed by atoms with Crippen LogP contribution in [0.1, 0.15) is 25.7 Å². The van der Waals surface area contributed by atoms with Crippen LogP contribution in [-0.2, 0) is 0 Å². The fourth-order valence-electron chi connectivity index (χ4n) is 2.44. The highest BCUT2D eigenvalue weighted by atomic mass is 16.3. The number of rotatable bonds is 5. The largest absolute Gasteiger partial charge is 0.396 e. The molecular formula is C13H22N4O. The van der Waals surface area contributed by atoms with Crippen LogP contribution >= 0.6 is 0 Å². The van der Waals surface area contributed by atoms with Gasteiger partial charge in [-0.1, -0.05) is 0 Å². The first kappa shape index (κ1) is 13.1. The minimum absolute atomic E-state index is 0.341. The maximum atomic E-state index is 9.10. The Morgan fingerprint density at radius 1 is 1.28 bits per heavy atom. The first-order valence-electron chi connectivity index (χ1n) is 6.67. The van der Waals surface area contributed by atoms with E-state index in [0.29, 0.717) is 24.4 Å². The van der Waals surface area contributed by atoms with Gasteiger partial charge in [0.25, 0.3) is 0 Å². The predicted molar refractivity (Wildman–Crippen MR) is 72.6 cm³/mol. The van der Waals surface area contributed by atoms with Gasteiger partial charge >= 0.3 is 0 Å². The summed E-state index contributed by atoms with van der Waals surface area (Å²) in [6, 6.07) is 1.84. The maximum Gasteiger partial charge on any atom is 0.224 e. The van der Waals surface area contributed by atoms with Crippen LogP contribution < -0.4 is 10.6 Å². The third-order valence-electron chi connectivity index (χ3n) is 3.69. The Hall–Kier alpha value is -1.36. The van der Waals surface area contributed by atoms with Crippen molar-refractivity contribution >= 4 is 11.8 Å². The van der Waals surface area contributed by atoms with Crippen molar-refractivity contribution in [1.29, 1.82) is 0 Å². The van der Waals surface area contributed by atoms with Crippen molar-refractivity contribution < 1.29 is 5.11 Å². The average Bonchev–Trinajstić information content (AvgIpc) is 2.46. The number of nitrogens with one attached hydrogen (secondary N) is 2. The van der Waals surface area contributed by atoms with Gasteiger partial charge in [0.15, 0.2) is 0 Å². The molecule has 0 atom stereocenters. The van der Waals surface area contributed by atoms with E-state index in [0.717, 1.165) is 25.2 Å². The Bertz CT molecular complexity index is 364. The molecule has 3 N–H and O–H groups in total. The van der Waals surface area contributed by atoms with E-state index in [1.807, 2.05) is 13.1 Å². The van der Waals surface area contributed by atoms with Crippen LogP contribution in [-0.4, -0.2) is 35.3 Å². The maximum absolute atomic E-state index is 9.10. The molecular weight excluding hydrogens is 228 g/mol. The Morgan fingerprint density at radius 2 is 2.00 bits per heavy atom. The third-order valence-corrected chi connectivity index (χ3v) is 3.69. The molecule has 100 valence electrons. The number of hydrogen-bond acceptors (Lipinski definition) is 5. The van der Waals surface area contributed by atoms with Crippen LogP contribution in [0.25, 0.3) is 0 Å². The molecule has 1 aliphatic rings. The molecule has 1 aromatic rings. The van der Waals surface area contributed by atoms with Crippen molar-refractivity contribution in [3.8, 4) is 0 Å². The summed E-state index contributed by atoms with van der Waals surface area (Å²) in [5.74, 6) is 2.71. The topological polar surface area (TPSA) is 70.1 Å². The summed E-state index contributed by atoms with van der Waals surface area (Å²) >= 11 is 0. The molecule has 0 unspecified atom stereocenters. The summed E-state index contributed by atoms with van der Waals surface area (Å²) in [5.41, 5.74) is 0. The van der Waals surface area contributed by atoms with Crippen molar-refractivity contribution in [1.82, 2.24) is 9.97 Å². The van der Waals surface area contributed by atoms with Crippen molar-refractivity contribution in [2.45, 2.75) is 25.7 Å². The van der Waals surface area contributed by atoms with Crippen LogP contribution in [0.3, 0.4) is 0 Å². The SMILES string of the molecule is CNc1ccnc(NCC2CCC(CO)CC2)n1. The lowest BCUT2D eigenvalue weighted by atomic mass is 9.82. The second-order valence-corrected chi connectivity index (χ2v) is 4.97. The molecule has 1 saturated carbocycles. The van der Waals surface area contributed by atoms with Crippen molar-refractivity contribution in [2.75, 3.05) is 30.8 Å². The number of anilines is 2. The van der Waals surface area contributed by atoms with E-state index in [4.69, 9.17) is 5.11 Å². The summed E-state index contributed by atoms with van der Waals surface area (Å²) in [5, 5.41) is 15.4. The van der Waals surface area contributed by atoms with Gasteiger partial charge in [-0.05, 0) is 43.6 Å². The van der Waals surface area contributed by atoms with Gasteiger partial charge in [0.1, 0.15) is 5.82 Å². The Labute approximate surface area is 108 Å². The van der Waals surface area contributed by atoms with Gasteiger partial charge in [-0.15, -0.1) is 0 Å². The smallest absolute Gasteiger partial charge is 0.224 e. The van der Waals surface area contributed by atoms with Crippen molar-refractivity contribution in [3.05, 3.63) is 12.3 Å². The van der Waals surface area contributed by atoms with Crippen LogP contribution in [0.2, 0.25) is 0 Å². The van der Waals surface area contributed by atoms with E-state index < -0.39 is 0 Å². The molecule has 0 aliphatic heterocycles. The van der Waals surface area contributed by atoms with Gasteiger partial charge in [0.2, 0.25) is 5.95 Å². The van der Waals surface area contributed by atoms with Crippen molar-refractivity contribution in [3.63, 3.8) is 0 Å². The molecule has 0 radical (unpaired) electrons. The lowest BCUT2D eigenvalue weighted by Gasteiger charge is -2.27. The fraction of sp³-hybridized carbons (Fsp3) is 0.692. The predicted octanol–water partition coefficient (Wildman–Crippen LogP) is 1.73. The first-order valence-corrected chi connectivity index (χ1v) is 6.67. The van der Waals surface area contributed by atoms with E-state index in [2.05, 4.69) is 20.6 Å². The molecule has 0 spiro atoms. The van der Waals surface area contributed by atoms with Crippen LogP contribution in [0.4, 0.5) is 11.8 Å². The summed E-state index contributed by atoms with van der Waals surface area (Å²) in [4.78, 5) is 8.53. The van der Waals surface area contributed by atoms with Crippen LogP contribution in [0.5, 0.6) is 0 Å². The Kier molecular flexibility index (Phi) is 4.75. The molecule has 5 nitrogen and oxygen atoms in total. The average molecular weight is 250 g/mol. The van der Waals surface area contributed by atoms with E-state index in [-0.39, 0.29) is 0 Å². The minimum Gasteiger partial charge on any atom is -0.396 e. The molecule has 0 amide bonds. The van der Waals surface area contributed by atoms with E-state index in [1.54, 1.807) is 6.20 Å². The fourth-order valence-corrected chi connectivity index (χ4v) is 2.44. The number of nitrogens with zero attached hydrogens (tertiary/aromatic N) is 2. The van der Waals surface area contributed by atoms with Crippen molar-refractivity contribution in [2.24, 2.45) is 11.8 Å². The number of aliphatic hydroxyl groups excluding tert-OH is 1. The quantitative estimate of drug-likeness (QED) is 0.742. The zero-order valence-electron chi connectivity index (χ0n) is 10.9. The second-order valence-electron chi connectivity index (χ2n) is 4.97. The lowest BCUT2D eigenvalue weighted by Crippen LogP contribution is -2.23. The van der Waals surface area contributed by atoms with Gasteiger partial charge in [-0.2, -0.15) is 4.98 Å². The standard InChI is InChI=1S/C13H22N4O/c1-14-12-6-7-15-13(17-12)16-8-10-2-4-11(9-18)5-3-10/h6-7,10-11,18H,2-5,8-9H2,1H3,(H2,14,15,16,17). The molecule has 2 rings (SSSR count). The summed E-state index contributed by atoms with van der Waals surface area (Å²) in [6.45, 7) is 1.26. The number of aromatic nitrogens is 2. The lowest BCUT2D eigenvalue weighted by molar-refractivity contribution is 0.170. The zero-order chi connectivity index (χ0) is 12.8. The molecule has 0 aromatic carbocycles. The molecule has 1 heterocycles. The molecule has 18 heavy (non-hydrogen) atoms. The van der Waals surface area contributed by atoms with Gasteiger partial charge in [0, 0.05) is 26.4 Å². The highest BCUT2D eigenvalue weighted by molar-refractivity contribution is 5.38. The second kappa shape index (κ2) is 6.54. The minimum atomic E-state index is 0.341. The summed E-state index contributed by atoms with van der Waals surface area (Å²) in [6.07, 6.45) is 6.40. The molecule has 1 aromatic heterocycles. The van der Waals surface area contributed by atoms with Gasteiger partial charge in [0.05, 0.1) is 0 Å². The van der Waals surface area contributed by atoms with E-state index in [1.165, 1.54) is 12.8 Å². The van der Waals surface area contributed by atoms with Gasteiger partial charge < -0.3 is 15.7 Å². The Morgan fingerprint density at radius 3 is 2.67 bits per heavy atom. The number of hydrogen-bond donors (Lipinski definition) is 3. The van der Waals surface area contributed by atoms with Gasteiger partial charge in [-0.3, -0.25) is 0 Å². The normalized spacial score (nSPS) is 23.7. The molecule has 0 saturated heterocycles. The van der Waals surface area contributed by atoms with Gasteiger partial charge in [-0.25, -0.2) is 4.98 Å². The van der Waals surface area contributed by atoms with E-state index in [9.17, 15) is 0 Å². The van der Waals surface area contributed by atoms with Crippen LogP contribution in [0, 0.1) is 11.8 Å². The Balaban J connectivity index is 1.77. The summed E-state index contributed by atoms with van der Waals surface area (Å²) < 4.78 is 0. The molecule has 1 aliphatic carbocycles.